The third-order valence-corrected chi connectivity index (χ3v) is 4.48. The predicted molar refractivity (Wildman–Crippen MR) is 94.6 cm³/mol. The molecule has 1 saturated heterocycles. The number of nitrogens with zero attached hydrogens (tertiary/aromatic N) is 4. The number of carbonyl (C=O) groups is 1. The molecule has 1 aliphatic rings. The van der Waals surface area contributed by atoms with Crippen molar-refractivity contribution in [3.63, 3.8) is 0 Å². The molecule has 2 aromatic heterocycles. The molecule has 132 valence electrons. The Morgan fingerprint density at radius 3 is 2.80 bits per heavy atom. The van der Waals surface area contributed by atoms with Gasteiger partial charge in [0, 0.05) is 37.1 Å². The molecule has 0 spiro atoms. The smallest absolute Gasteiger partial charge is 0.267 e. The zero-order valence-corrected chi connectivity index (χ0v) is 14.4. The van der Waals surface area contributed by atoms with Crippen molar-refractivity contribution in [3.8, 4) is 5.75 Å². The highest BCUT2D eigenvalue weighted by Crippen LogP contribution is 2.23. The molecule has 2 aromatic rings. The summed E-state index contributed by atoms with van der Waals surface area (Å²) in [4.78, 5) is 26.0. The normalized spacial score (nSPS) is 15.2. The molecular weight excluding hydrogens is 318 g/mol. The standard InChI is InChI=1S/C18H23N5O2/c1-2-14-9-17(22-12-21-14)23-7-4-13(5-8-23)11-25-15-3-6-20-16(10-15)18(19)24/h3,6,9-10,12-13H,2,4-5,7-8,11H2,1H3,(H2,19,24). The molecule has 0 bridgehead atoms. The van der Waals surface area contributed by atoms with Gasteiger partial charge in [-0.25, -0.2) is 9.97 Å². The first-order chi connectivity index (χ1) is 12.2. The second-order valence-electron chi connectivity index (χ2n) is 6.20. The van der Waals surface area contributed by atoms with Crippen LogP contribution >= 0.6 is 0 Å². The number of rotatable bonds is 6. The fraction of sp³-hybridized carbons (Fsp3) is 0.444. The van der Waals surface area contributed by atoms with Crippen molar-refractivity contribution in [2.45, 2.75) is 26.2 Å². The fourth-order valence-electron chi connectivity index (χ4n) is 2.93. The quantitative estimate of drug-likeness (QED) is 0.861. The van der Waals surface area contributed by atoms with E-state index in [1.807, 2.05) is 0 Å². The molecule has 1 amide bonds. The summed E-state index contributed by atoms with van der Waals surface area (Å²) in [6, 6.07) is 5.40. The molecule has 7 nitrogen and oxygen atoms in total. The minimum Gasteiger partial charge on any atom is -0.493 e. The van der Waals surface area contributed by atoms with E-state index in [4.69, 9.17) is 10.5 Å². The van der Waals surface area contributed by atoms with E-state index in [1.165, 1.54) is 0 Å². The van der Waals surface area contributed by atoms with E-state index in [0.29, 0.717) is 18.3 Å². The summed E-state index contributed by atoms with van der Waals surface area (Å²) in [5.41, 5.74) is 6.53. The van der Waals surface area contributed by atoms with Crippen LogP contribution in [0.1, 0.15) is 35.9 Å². The molecule has 25 heavy (non-hydrogen) atoms. The third kappa shape index (κ3) is 4.43. The van der Waals surface area contributed by atoms with Gasteiger partial charge in [-0.3, -0.25) is 9.78 Å². The zero-order chi connectivity index (χ0) is 17.6. The average molecular weight is 341 g/mol. The highest BCUT2D eigenvalue weighted by molar-refractivity contribution is 5.91. The van der Waals surface area contributed by atoms with Gasteiger partial charge in [0.25, 0.3) is 5.91 Å². The minimum atomic E-state index is -0.546. The van der Waals surface area contributed by atoms with Crippen molar-refractivity contribution < 1.29 is 9.53 Å². The number of aryl methyl sites for hydroxylation is 1. The molecule has 0 aliphatic carbocycles. The lowest BCUT2D eigenvalue weighted by Crippen LogP contribution is -2.36. The number of nitrogens with two attached hydrogens (primary N) is 1. The summed E-state index contributed by atoms with van der Waals surface area (Å²) < 4.78 is 5.82. The summed E-state index contributed by atoms with van der Waals surface area (Å²) >= 11 is 0. The van der Waals surface area contributed by atoms with Gasteiger partial charge < -0.3 is 15.4 Å². The van der Waals surface area contributed by atoms with E-state index in [-0.39, 0.29) is 5.69 Å². The number of ether oxygens (including phenoxy) is 1. The van der Waals surface area contributed by atoms with Gasteiger partial charge in [-0.1, -0.05) is 6.92 Å². The maximum absolute atomic E-state index is 11.2. The minimum absolute atomic E-state index is 0.225. The first-order valence-corrected chi connectivity index (χ1v) is 8.60. The van der Waals surface area contributed by atoms with Crippen LogP contribution in [0.5, 0.6) is 5.75 Å². The Hall–Kier alpha value is -2.70. The van der Waals surface area contributed by atoms with Gasteiger partial charge in [0.15, 0.2) is 0 Å². The maximum atomic E-state index is 11.2. The molecule has 7 heteroatoms. The largest absolute Gasteiger partial charge is 0.493 e. The predicted octanol–water partition coefficient (Wildman–Crippen LogP) is 1.83. The summed E-state index contributed by atoms with van der Waals surface area (Å²) in [7, 11) is 0. The summed E-state index contributed by atoms with van der Waals surface area (Å²) in [6.07, 6.45) is 6.18. The maximum Gasteiger partial charge on any atom is 0.267 e. The molecule has 1 fully saturated rings. The highest BCUT2D eigenvalue weighted by Gasteiger charge is 2.21. The second-order valence-corrected chi connectivity index (χ2v) is 6.20. The van der Waals surface area contributed by atoms with Crippen LogP contribution in [0.2, 0.25) is 0 Å². The van der Waals surface area contributed by atoms with Gasteiger partial charge in [0.2, 0.25) is 0 Å². The Kier molecular flexibility index (Phi) is 5.42. The monoisotopic (exact) mass is 341 g/mol. The molecule has 0 atom stereocenters. The zero-order valence-electron chi connectivity index (χ0n) is 14.4. The molecule has 3 heterocycles. The lowest BCUT2D eigenvalue weighted by molar-refractivity contribution is 0.0995. The van der Waals surface area contributed by atoms with Gasteiger partial charge in [-0.05, 0) is 31.2 Å². The highest BCUT2D eigenvalue weighted by atomic mass is 16.5. The molecule has 1 aliphatic heterocycles. The van der Waals surface area contributed by atoms with E-state index < -0.39 is 5.91 Å². The van der Waals surface area contributed by atoms with Crippen molar-refractivity contribution in [3.05, 3.63) is 42.1 Å². The van der Waals surface area contributed by atoms with Crippen LogP contribution < -0.4 is 15.4 Å². The molecular formula is C18H23N5O2. The van der Waals surface area contributed by atoms with Crippen LogP contribution in [0.3, 0.4) is 0 Å². The number of hydrogen-bond donors (Lipinski definition) is 1. The van der Waals surface area contributed by atoms with E-state index in [1.54, 1.807) is 24.7 Å². The van der Waals surface area contributed by atoms with Gasteiger partial charge in [0.1, 0.15) is 23.6 Å². The summed E-state index contributed by atoms with van der Waals surface area (Å²) in [5.74, 6) is 1.57. The summed E-state index contributed by atoms with van der Waals surface area (Å²) in [5, 5.41) is 0. The number of carbonyl (C=O) groups excluding carboxylic acids is 1. The van der Waals surface area contributed by atoms with E-state index in [0.717, 1.165) is 43.9 Å². The second kappa shape index (κ2) is 7.92. The Morgan fingerprint density at radius 2 is 2.08 bits per heavy atom. The fourth-order valence-corrected chi connectivity index (χ4v) is 2.93. The van der Waals surface area contributed by atoms with Gasteiger partial charge >= 0.3 is 0 Å². The van der Waals surface area contributed by atoms with Gasteiger partial charge in [-0.15, -0.1) is 0 Å². The topological polar surface area (TPSA) is 94.2 Å². The average Bonchev–Trinajstić information content (AvgIpc) is 2.67. The first kappa shape index (κ1) is 17.1. The number of piperidine rings is 1. The van der Waals surface area contributed by atoms with Crippen molar-refractivity contribution in [1.29, 1.82) is 0 Å². The van der Waals surface area contributed by atoms with Crippen LogP contribution in [-0.4, -0.2) is 40.6 Å². The van der Waals surface area contributed by atoms with Gasteiger partial charge in [-0.2, -0.15) is 0 Å². The molecule has 0 radical (unpaired) electrons. The number of aromatic nitrogens is 3. The Bertz CT molecular complexity index is 729. The van der Waals surface area contributed by atoms with Crippen LogP contribution in [0.25, 0.3) is 0 Å². The Morgan fingerprint density at radius 1 is 1.28 bits per heavy atom. The van der Waals surface area contributed by atoms with E-state index in [2.05, 4.69) is 32.8 Å². The number of hydrogen-bond acceptors (Lipinski definition) is 6. The van der Waals surface area contributed by atoms with E-state index in [9.17, 15) is 4.79 Å². The Labute approximate surface area is 147 Å². The Balaban J connectivity index is 1.51. The third-order valence-electron chi connectivity index (χ3n) is 4.48. The van der Waals surface area contributed by atoms with Crippen molar-refractivity contribution in [2.75, 3.05) is 24.6 Å². The number of pyridine rings is 1. The van der Waals surface area contributed by atoms with Crippen LogP contribution in [0.4, 0.5) is 5.82 Å². The summed E-state index contributed by atoms with van der Waals surface area (Å²) in [6.45, 7) is 4.63. The molecule has 3 rings (SSSR count). The lowest BCUT2D eigenvalue weighted by Gasteiger charge is -2.32. The molecule has 2 N–H and O–H groups in total. The lowest BCUT2D eigenvalue weighted by atomic mass is 9.98. The van der Waals surface area contributed by atoms with Gasteiger partial charge in [0.05, 0.1) is 6.61 Å². The number of primary amides is 1. The first-order valence-electron chi connectivity index (χ1n) is 8.60. The van der Waals surface area contributed by atoms with Crippen LogP contribution in [0.15, 0.2) is 30.7 Å². The van der Waals surface area contributed by atoms with E-state index >= 15 is 0 Å². The van der Waals surface area contributed by atoms with Crippen molar-refractivity contribution in [2.24, 2.45) is 11.7 Å². The molecule has 0 unspecified atom stereocenters. The van der Waals surface area contributed by atoms with Crippen LogP contribution in [-0.2, 0) is 6.42 Å². The molecule has 0 aromatic carbocycles. The van der Waals surface area contributed by atoms with Crippen molar-refractivity contribution >= 4 is 11.7 Å². The number of anilines is 1. The number of amides is 1. The molecule has 0 saturated carbocycles. The SMILES string of the molecule is CCc1cc(N2CCC(COc3ccnc(C(N)=O)c3)CC2)ncn1. The van der Waals surface area contributed by atoms with Crippen LogP contribution in [0, 0.1) is 5.92 Å². The van der Waals surface area contributed by atoms with Crippen molar-refractivity contribution in [1.82, 2.24) is 15.0 Å².